The van der Waals surface area contributed by atoms with Crippen molar-refractivity contribution >= 4 is 22.6 Å². The molecule has 9 heteroatoms. The number of hydrogen-bond acceptors (Lipinski definition) is 8. The molecule has 0 radical (unpaired) electrons. The monoisotopic (exact) mass is 415 g/mol. The summed E-state index contributed by atoms with van der Waals surface area (Å²) in [5, 5.41) is 3.06. The number of carbonyl (C=O) groups excluding carboxylic acids is 1. The summed E-state index contributed by atoms with van der Waals surface area (Å²) in [4.78, 5) is 16.5. The lowest BCUT2D eigenvalue weighted by Crippen LogP contribution is -2.20. The Kier molecular flexibility index (Phi) is 6.85. The first-order valence-electron chi connectivity index (χ1n) is 8.85. The zero-order valence-corrected chi connectivity index (χ0v) is 17.1. The van der Waals surface area contributed by atoms with Crippen molar-refractivity contribution in [3.05, 3.63) is 42.5 Å². The van der Waals surface area contributed by atoms with E-state index in [4.69, 9.17) is 18.9 Å². The molecule has 0 atom stereocenters. The fourth-order valence-corrected chi connectivity index (χ4v) is 3.12. The van der Waals surface area contributed by atoms with Crippen LogP contribution in [0.3, 0.4) is 0 Å². The Morgan fingerprint density at radius 3 is 2.45 bits per heavy atom. The number of anilines is 1. The van der Waals surface area contributed by atoms with E-state index in [0.29, 0.717) is 40.6 Å². The van der Waals surface area contributed by atoms with Crippen molar-refractivity contribution in [3.63, 3.8) is 0 Å². The largest absolute Gasteiger partial charge is 0.493 e. The second-order valence-corrected chi connectivity index (χ2v) is 6.46. The molecule has 1 amide bonds. The minimum atomic E-state index is -0.345. The Bertz CT molecular complexity index is 976. The summed E-state index contributed by atoms with van der Waals surface area (Å²) < 4.78 is 25.9. The zero-order valence-electron chi connectivity index (χ0n) is 16.3. The van der Waals surface area contributed by atoms with Crippen molar-refractivity contribution < 1.29 is 23.7 Å². The molecule has 0 spiro atoms. The lowest BCUT2D eigenvalue weighted by Gasteiger charge is -2.10. The van der Waals surface area contributed by atoms with Gasteiger partial charge >= 0.3 is 0 Å². The molecule has 0 bridgehead atoms. The van der Waals surface area contributed by atoms with E-state index in [9.17, 15) is 4.79 Å². The van der Waals surface area contributed by atoms with Crippen LogP contribution in [0.1, 0.15) is 6.92 Å². The molecule has 0 saturated carbocycles. The van der Waals surface area contributed by atoms with Crippen molar-refractivity contribution in [2.45, 2.75) is 6.92 Å². The third kappa shape index (κ3) is 5.14. The van der Waals surface area contributed by atoms with E-state index in [0.717, 1.165) is 17.1 Å². The molecule has 8 nitrogen and oxygen atoms in total. The van der Waals surface area contributed by atoms with Crippen LogP contribution < -0.4 is 24.3 Å². The third-order valence-corrected chi connectivity index (χ3v) is 4.45. The molecule has 29 heavy (non-hydrogen) atoms. The van der Waals surface area contributed by atoms with Crippen molar-refractivity contribution in [1.82, 2.24) is 9.36 Å². The standard InChI is InChI=1S/C20H21N3O5S/c1-4-27-16-10-9-13(11-17(16)26-3)19-22-20(29-23-19)21-18(24)12-28-15-8-6-5-7-14(15)25-2/h5-11H,4,12H2,1-3H3,(H,21,22,23,24). The van der Waals surface area contributed by atoms with E-state index in [1.54, 1.807) is 44.6 Å². The zero-order chi connectivity index (χ0) is 20.6. The number of ether oxygens (including phenoxy) is 4. The number of para-hydroxylation sites is 2. The summed E-state index contributed by atoms with van der Waals surface area (Å²) in [5.41, 5.74) is 0.757. The number of methoxy groups -OCH3 is 2. The smallest absolute Gasteiger partial charge is 0.264 e. The van der Waals surface area contributed by atoms with Crippen molar-refractivity contribution in [1.29, 1.82) is 0 Å². The van der Waals surface area contributed by atoms with Crippen LogP contribution in [0.4, 0.5) is 5.13 Å². The molecule has 2 aromatic carbocycles. The molecule has 1 heterocycles. The number of carbonyl (C=O) groups is 1. The van der Waals surface area contributed by atoms with Gasteiger partial charge in [0.2, 0.25) is 5.13 Å². The van der Waals surface area contributed by atoms with E-state index < -0.39 is 0 Å². The van der Waals surface area contributed by atoms with Gasteiger partial charge in [-0.3, -0.25) is 10.1 Å². The van der Waals surface area contributed by atoms with E-state index >= 15 is 0 Å². The van der Waals surface area contributed by atoms with Gasteiger partial charge in [0.1, 0.15) is 0 Å². The molecule has 0 aliphatic rings. The maximum atomic E-state index is 12.2. The molecule has 3 aromatic rings. The molecule has 0 aliphatic heterocycles. The molecule has 1 N–H and O–H groups in total. The summed E-state index contributed by atoms with van der Waals surface area (Å²) in [7, 11) is 3.12. The molecular formula is C20H21N3O5S. The molecule has 0 saturated heterocycles. The highest BCUT2D eigenvalue weighted by Gasteiger charge is 2.13. The quantitative estimate of drug-likeness (QED) is 0.570. The number of amides is 1. The predicted octanol–water partition coefficient (Wildman–Crippen LogP) is 3.64. The molecule has 1 aromatic heterocycles. The molecule has 0 aliphatic carbocycles. The Hall–Kier alpha value is -3.33. The number of hydrogen-bond donors (Lipinski definition) is 1. The first-order valence-corrected chi connectivity index (χ1v) is 9.62. The number of nitrogens with zero attached hydrogens (tertiary/aromatic N) is 2. The summed E-state index contributed by atoms with van der Waals surface area (Å²) in [6.07, 6.45) is 0. The first-order chi connectivity index (χ1) is 14.1. The summed E-state index contributed by atoms with van der Waals surface area (Å²) in [6.45, 7) is 2.27. The van der Waals surface area contributed by atoms with Gasteiger partial charge in [0.15, 0.2) is 35.4 Å². The normalized spacial score (nSPS) is 10.3. The summed E-state index contributed by atoms with van der Waals surface area (Å²) in [6, 6.07) is 12.6. The Labute approximate surface area is 172 Å². The molecule has 0 fully saturated rings. The minimum Gasteiger partial charge on any atom is -0.493 e. The maximum Gasteiger partial charge on any atom is 0.264 e. The van der Waals surface area contributed by atoms with E-state index in [-0.39, 0.29) is 12.5 Å². The SMILES string of the molecule is CCOc1ccc(-c2nsc(NC(=O)COc3ccccc3OC)n2)cc1OC. The molecule has 0 unspecified atom stereocenters. The van der Waals surface area contributed by atoms with Crippen LogP contribution in [0, 0.1) is 0 Å². The van der Waals surface area contributed by atoms with E-state index in [1.165, 1.54) is 0 Å². The van der Waals surface area contributed by atoms with Gasteiger partial charge in [-0.2, -0.15) is 9.36 Å². The number of aromatic nitrogens is 2. The number of nitrogens with one attached hydrogen (secondary N) is 1. The molecule has 152 valence electrons. The fourth-order valence-electron chi connectivity index (χ4n) is 2.51. The summed E-state index contributed by atoms with van der Waals surface area (Å²) >= 11 is 1.08. The van der Waals surface area contributed by atoms with Crippen LogP contribution in [0.5, 0.6) is 23.0 Å². The highest BCUT2D eigenvalue weighted by molar-refractivity contribution is 7.10. The van der Waals surface area contributed by atoms with Gasteiger partial charge in [0, 0.05) is 17.1 Å². The second kappa shape index (κ2) is 9.74. The Balaban J connectivity index is 1.63. The van der Waals surface area contributed by atoms with Gasteiger partial charge in [-0.05, 0) is 37.3 Å². The van der Waals surface area contributed by atoms with Crippen molar-refractivity contribution in [2.24, 2.45) is 0 Å². The lowest BCUT2D eigenvalue weighted by molar-refractivity contribution is -0.118. The van der Waals surface area contributed by atoms with Gasteiger partial charge in [-0.25, -0.2) is 0 Å². The maximum absolute atomic E-state index is 12.2. The first kappa shape index (κ1) is 20.4. The van der Waals surface area contributed by atoms with Gasteiger partial charge in [-0.15, -0.1) is 0 Å². The Morgan fingerprint density at radius 2 is 1.72 bits per heavy atom. The average Bonchev–Trinajstić information content (AvgIpc) is 3.21. The van der Waals surface area contributed by atoms with Crippen LogP contribution >= 0.6 is 11.5 Å². The third-order valence-electron chi connectivity index (χ3n) is 3.82. The van der Waals surface area contributed by atoms with Gasteiger partial charge in [-0.1, -0.05) is 12.1 Å². The van der Waals surface area contributed by atoms with Crippen LogP contribution in [-0.4, -0.2) is 42.7 Å². The average molecular weight is 415 g/mol. The van der Waals surface area contributed by atoms with E-state index in [2.05, 4.69) is 14.7 Å². The number of rotatable bonds is 9. The van der Waals surface area contributed by atoms with Crippen LogP contribution in [-0.2, 0) is 4.79 Å². The van der Waals surface area contributed by atoms with Gasteiger partial charge in [0.05, 0.1) is 20.8 Å². The highest BCUT2D eigenvalue weighted by Crippen LogP contribution is 2.32. The molecular weight excluding hydrogens is 394 g/mol. The topological polar surface area (TPSA) is 91.8 Å². The molecule has 3 rings (SSSR count). The lowest BCUT2D eigenvalue weighted by atomic mass is 10.2. The summed E-state index contributed by atoms with van der Waals surface area (Å²) in [5.74, 6) is 2.43. The van der Waals surface area contributed by atoms with Crippen LogP contribution in [0.25, 0.3) is 11.4 Å². The predicted molar refractivity (Wildman–Crippen MR) is 110 cm³/mol. The van der Waals surface area contributed by atoms with Gasteiger partial charge in [0.25, 0.3) is 5.91 Å². The highest BCUT2D eigenvalue weighted by atomic mass is 32.1. The van der Waals surface area contributed by atoms with Gasteiger partial charge < -0.3 is 18.9 Å². The number of benzene rings is 2. The van der Waals surface area contributed by atoms with Crippen LogP contribution in [0.15, 0.2) is 42.5 Å². The Morgan fingerprint density at radius 1 is 1.00 bits per heavy atom. The van der Waals surface area contributed by atoms with Crippen molar-refractivity contribution in [3.8, 4) is 34.4 Å². The van der Waals surface area contributed by atoms with E-state index in [1.807, 2.05) is 19.1 Å². The van der Waals surface area contributed by atoms with Crippen molar-refractivity contribution in [2.75, 3.05) is 32.8 Å². The second-order valence-electron chi connectivity index (χ2n) is 5.71. The van der Waals surface area contributed by atoms with Crippen LogP contribution in [0.2, 0.25) is 0 Å². The minimum absolute atomic E-state index is 0.174. The fraction of sp³-hybridized carbons (Fsp3) is 0.250.